The molecule has 12 heavy (non-hydrogen) atoms. The van der Waals surface area contributed by atoms with E-state index in [0.717, 1.165) is 6.42 Å². The largest absolute Gasteiger partial charge is 0.457 e. The van der Waals surface area contributed by atoms with Crippen molar-refractivity contribution in [3.8, 4) is 0 Å². The highest BCUT2D eigenvalue weighted by atomic mass is 16.5. The van der Waals surface area contributed by atoms with Crippen LogP contribution >= 0.6 is 0 Å². The lowest BCUT2D eigenvalue weighted by Gasteiger charge is -2.47. The lowest BCUT2D eigenvalue weighted by atomic mass is 9.64. The number of rotatable bonds is 0. The van der Waals surface area contributed by atoms with Crippen molar-refractivity contribution in [3.63, 3.8) is 0 Å². The summed E-state index contributed by atoms with van der Waals surface area (Å²) in [5.74, 6) is -0.0608. The molecule has 2 bridgehead atoms. The SMILES string of the molecule is CC12C=CC(OC1=O)C(C)(C)C2. The number of esters is 1. The fourth-order valence-electron chi connectivity index (χ4n) is 2.26. The van der Waals surface area contributed by atoms with Gasteiger partial charge in [0, 0.05) is 5.41 Å². The van der Waals surface area contributed by atoms with Crippen LogP contribution < -0.4 is 0 Å². The van der Waals surface area contributed by atoms with E-state index < -0.39 is 0 Å². The van der Waals surface area contributed by atoms with Crippen LogP contribution in [-0.2, 0) is 9.53 Å². The highest BCUT2D eigenvalue weighted by Gasteiger charge is 2.51. The average molecular weight is 166 g/mol. The van der Waals surface area contributed by atoms with Gasteiger partial charge in [-0.15, -0.1) is 0 Å². The summed E-state index contributed by atoms with van der Waals surface area (Å²) in [5, 5.41) is 0. The van der Waals surface area contributed by atoms with E-state index in [1.165, 1.54) is 0 Å². The molecule has 2 unspecified atom stereocenters. The Bertz CT molecular complexity index is 265. The van der Waals surface area contributed by atoms with Crippen molar-refractivity contribution in [1.29, 1.82) is 0 Å². The molecule has 0 saturated carbocycles. The number of hydrogen-bond acceptors (Lipinski definition) is 2. The summed E-state index contributed by atoms with van der Waals surface area (Å²) in [6, 6.07) is 0. The zero-order valence-electron chi connectivity index (χ0n) is 7.76. The number of fused-ring (bicyclic) bond motifs is 2. The summed E-state index contributed by atoms with van der Waals surface area (Å²) in [4.78, 5) is 11.4. The van der Waals surface area contributed by atoms with Gasteiger partial charge in [0.25, 0.3) is 0 Å². The molecule has 1 fully saturated rings. The van der Waals surface area contributed by atoms with Gasteiger partial charge < -0.3 is 4.74 Å². The van der Waals surface area contributed by atoms with E-state index in [4.69, 9.17) is 4.74 Å². The molecule has 0 aromatic heterocycles. The second kappa shape index (κ2) is 1.93. The molecule has 2 aliphatic heterocycles. The molecule has 0 radical (unpaired) electrons. The van der Waals surface area contributed by atoms with E-state index in [1.807, 2.05) is 19.1 Å². The summed E-state index contributed by atoms with van der Waals surface area (Å²) in [6.45, 7) is 6.24. The normalized spacial score (nSPS) is 42.9. The molecule has 1 aliphatic carbocycles. The van der Waals surface area contributed by atoms with Crippen LogP contribution in [0.5, 0.6) is 0 Å². The van der Waals surface area contributed by atoms with Crippen LogP contribution in [0.25, 0.3) is 0 Å². The molecule has 0 N–H and O–H groups in total. The third-order valence-corrected chi connectivity index (χ3v) is 2.93. The average Bonchev–Trinajstić information content (AvgIpc) is 1.91. The van der Waals surface area contributed by atoms with Gasteiger partial charge in [-0.3, -0.25) is 4.79 Å². The maximum absolute atomic E-state index is 11.4. The minimum Gasteiger partial charge on any atom is -0.457 e. The third-order valence-electron chi connectivity index (χ3n) is 2.93. The van der Waals surface area contributed by atoms with Crippen LogP contribution in [0.15, 0.2) is 12.2 Å². The molecule has 0 spiro atoms. The van der Waals surface area contributed by atoms with Crippen molar-refractivity contribution in [1.82, 2.24) is 0 Å². The summed E-state index contributed by atoms with van der Waals surface area (Å²) >= 11 is 0. The van der Waals surface area contributed by atoms with E-state index in [-0.39, 0.29) is 22.9 Å². The van der Waals surface area contributed by atoms with Gasteiger partial charge in [0.1, 0.15) is 6.10 Å². The maximum Gasteiger partial charge on any atom is 0.316 e. The minimum absolute atomic E-state index is 0.00757. The Morgan fingerprint density at radius 2 is 2.17 bits per heavy atom. The zero-order chi connectivity index (χ0) is 8.98. The van der Waals surface area contributed by atoms with Crippen molar-refractivity contribution in [3.05, 3.63) is 12.2 Å². The first-order valence-corrected chi connectivity index (χ1v) is 4.35. The summed E-state index contributed by atoms with van der Waals surface area (Å²) in [6.07, 6.45) is 4.91. The molecule has 2 heterocycles. The Morgan fingerprint density at radius 1 is 1.50 bits per heavy atom. The Kier molecular flexibility index (Phi) is 1.26. The van der Waals surface area contributed by atoms with E-state index >= 15 is 0 Å². The molecule has 0 aromatic carbocycles. The molecule has 2 nitrogen and oxygen atoms in total. The van der Waals surface area contributed by atoms with Crippen LogP contribution in [0.2, 0.25) is 0 Å². The van der Waals surface area contributed by atoms with Crippen LogP contribution in [0.3, 0.4) is 0 Å². The van der Waals surface area contributed by atoms with Gasteiger partial charge in [0.05, 0.1) is 5.41 Å². The van der Waals surface area contributed by atoms with Gasteiger partial charge in [-0.25, -0.2) is 0 Å². The summed E-state index contributed by atoms with van der Waals surface area (Å²) < 4.78 is 5.28. The van der Waals surface area contributed by atoms with Gasteiger partial charge in [0.15, 0.2) is 0 Å². The number of hydrogen-bond donors (Lipinski definition) is 0. The summed E-state index contributed by atoms with van der Waals surface area (Å²) in [5.41, 5.74) is -0.254. The maximum atomic E-state index is 11.4. The first-order valence-electron chi connectivity index (χ1n) is 4.35. The van der Waals surface area contributed by atoms with E-state index in [1.54, 1.807) is 0 Å². The lowest BCUT2D eigenvalue weighted by Crippen LogP contribution is -2.50. The molecule has 0 aromatic rings. The number of carbonyl (C=O) groups excluding carboxylic acids is 1. The van der Waals surface area contributed by atoms with Crippen molar-refractivity contribution < 1.29 is 9.53 Å². The van der Waals surface area contributed by atoms with E-state index in [9.17, 15) is 4.79 Å². The standard InChI is InChI=1S/C10H14O2/c1-9(2)6-10(3)5-4-7(9)12-8(10)11/h4-5,7H,6H2,1-3H3. The smallest absolute Gasteiger partial charge is 0.316 e. The highest BCUT2D eigenvalue weighted by molar-refractivity contribution is 5.81. The molecule has 1 saturated heterocycles. The van der Waals surface area contributed by atoms with Crippen LogP contribution in [0.4, 0.5) is 0 Å². The van der Waals surface area contributed by atoms with E-state index in [0.29, 0.717) is 0 Å². The van der Waals surface area contributed by atoms with Gasteiger partial charge in [-0.1, -0.05) is 19.9 Å². The minimum atomic E-state index is -0.363. The van der Waals surface area contributed by atoms with Crippen LogP contribution in [0.1, 0.15) is 27.2 Å². The van der Waals surface area contributed by atoms with Crippen LogP contribution in [0, 0.1) is 10.8 Å². The topological polar surface area (TPSA) is 26.3 Å². The van der Waals surface area contributed by atoms with Crippen LogP contribution in [-0.4, -0.2) is 12.1 Å². The fraction of sp³-hybridized carbons (Fsp3) is 0.700. The Balaban J connectivity index is 2.44. The predicted octanol–water partition coefficient (Wildman–Crippen LogP) is 1.90. The van der Waals surface area contributed by atoms with Crippen molar-refractivity contribution in [2.45, 2.75) is 33.3 Å². The van der Waals surface area contributed by atoms with Gasteiger partial charge in [-0.2, -0.15) is 0 Å². The Labute approximate surface area is 72.6 Å². The number of carbonyl (C=O) groups is 1. The van der Waals surface area contributed by atoms with Crippen molar-refractivity contribution in [2.75, 3.05) is 0 Å². The molecule has 2 heteroatoms. The predicted molar refractivity (Wildman–Crippen MR) is 45.5 cm³/mol. The molecule has 3 rings (SSSR count). The Morgan fingerprint density at radius 3 is 2.50 bits per heavy atom. The number of ether oxygens (including phenoxy) is 1. The molecule has 0 amide bonds. The Hall–Kier alpha value is -0.790. The highest BCUT2D eigenvalue weighted by Crippen LogP contribution is 2.48. The molecular weight excluding hydrogens is 152 g/mol. The summed E-state index contributed by atoms with van der Waals surface area (Å²) in [7, 11) is 0. The van der Waals surface area contributed by atoms with Gasteiger partial charge in [0.2, 0.25) is 0 Å². The fourth-order valence-corrected chi connectivity index (χ4v) is 2.26. The molecular formula is C10H14O2. The molecule has 3 aliphatic rings. The van der Waals surface area contributed by atoms with Gasteiger partial charge in [-0.05, 0) is 19.4 Å². The lowest BCUT2D eigenvalue weighted by molar-refractivity contribution is -0.177. The monoisotopic (exact) mass is 166 g/mol. The van der Waals surface area contributed by atoms with Gasteiger partial charge >= 0.3 is 5.97 Å². The first-order chi connectivity index (χ1) is 5.44. The second-order valence-corrected chi connectivity index (χ2v) is 4.77. The molecule has 2 atom stereocenters. The molecule has 66 valence electrons. The van der Waals surface area contributed by atoms with Crippen molar-refractivity contribution in [2.24, 2.45) is 10.8 Å². The second-order valence-electron chi connectivity index (χ2n) is 4.77. The van der Waals surface area contributed by atoms with Crippen molar-refractivity contribution >= 4 is 5.97 Å². The zero-order valence-corrected chi connectivity index (χ0v) is 7.76. The first kappa shape index (κ1) is 7.84. The van der Waals surface area contributed by atoms with E-state index in [2.05, 4.69) is 13.8 Å². The third kappa shape index (κ3) is 0.838. The quantitative estimate of drug-likeness (QED) is 0.406.